The van der Waals surface area contributed by atoms with Crippen LogP contribution in [0.5, 0.6) is 5.75 Å². The molecule has 1 heterocycles. The fourth-order valence-electron chi connectivity index (χ4n) is 3.97. The molecule has 30 heavy (non-hydrogen) atoms. The number of benzene rings is 3. The van der Waals surface area contributed by atoms with E-state index >= 15 is 0 Å². The standard InChI is InChI=1S/C24H21F2NO3/c25-18-5-1-16(2-6-18)22(29)13-14-24(17-3-11-21(28)12-4-17)15-27(23(24)30)20-9-7-19(26)8-10-20/h1-12,22,28-29H,13-15H2/t22-,24-/m0/s1. The molecule has 4 nitrogen and oxygen atoms in total. The quantitative estimate of drug-likeness (QED) is 0.591. The van der Waals surface area contributed by atoms with E-state index in [1.54, 1.807) is 29.2 Å². The van der Waals surface area contributed by atoms with Gasteiger partial charge in [-0.2, -0.15) is 0 Å². The number of carbonyl (C=O) groups is 1. The molecule has 0 spiro atoms. The second-order valence-corrected chi connectivity index (χ2v) is 7.60. The lowest BCUT2D eigenvalue weighted by Gasteiger charge is -2.49. The number of aromatic hydroxyl groups is 1. The summed E-state index contributed by atoms with van der Waals surface area (Å²) >= 11 is 0. The number of β-lactam (4-membered cyclic amide) rings is 1. The summed E-state index contributed by atoms with van der Waals surface area (Å²) in [5.41, 5.74) is 1.08. The monoisotopic (exact) mass is 409 g/mol. The number of aliphatic hydroxyl groups is 1. The smallest absolute Gasteiger partial charge is 0.239 e. The summed E-state index contributed by atoms with van der Waals surface area (Å²) in [4.78, 5) is 14.9. The van der Waals surface area contributed by atoms with Crippen LogP contribution in [0.25, 0.3) is 0 Å². The Morgan fingerprint density at radius 3 is 2.03 bits per heavy atom. The number of aliphatic hydroxyl groups excluding tert-OH is 1. The summed E-state index contributed by atoms with van der Waals surface area (Å²) in [5, 5.41) is 20.2. The Hall–Kier alpha value is -3.25. The molecule has 2 atom stereocenters. The summed E-state index contributed by atoms with van der Waals surface area (Å²) in [6.45, 7) is 0.373. The van der Waals surface area contributed by atoms with Crippen LogP contribution in [0.3, 0.4) is 0 Å². The van der Waals surface area contributed by atoms with Crippen molar-refractivity contribution in [2.75, 3.05) is 11.4 Å². The van der Waals surface area contributed by atoms with Crippen LogP contribution in [0.1, 0.15) is 30.1 Å². The van der Waals surface area contributed by atoms with Gasteiger partial charge in [0.15, 0.2) is 0 Å². The summed E-state index contributed by atoms with van der Waals surface area (Å²) < 4.78 is 26.4. The van der Waals surface area contributed by atoms with Gasteiger partial charge in [-0.05, 0) is 72.5 Å². The number of nitrogens with zero attached hydrogens (tertiary/aromatic N) is 1. The zero-order chi connectivity index (χ0) is 21.3. The molecule has 2 N–H and O–H groups in total. The lowest BCUT2D eigenvalue weighted by Crippen LogP contribution is -2.64. The van der Waals surface area contributed by atoms with Gasteiger partial charge in [0.1, 0.15) is 17.4 Å². The minimum absolute atomic E-state index is 0.0995. The molecule has 0 aliphatic carbocycles. The zero-order valence-corrected chi connectivity index (χ0v) is 16.1. The minimum Gasteiger partial charge on any atom is -0.508 e. The highest BCUT2D eigenvalue weighted by Crippen LogP contribution is 2.44. The number of phenols is 1. The Balaban J connectivity index is 1.57. The molecule has 0 radical (unpaired) electrons. The summed E-state index contributed by atoms with van der Waals surface area (Å²) in [5.74, 6) is -0.803. The highest BCUT2D eigenvalue weighted by molar-refractivity contribution is 6.08. The first kappa shape index (κ1) is 20.0. The van der Waals surface area contributed by atoms with Gasteiger partial charge in [0.05, 0.1) is 11.5 Å². The zero-order valence-electron chi connectivity index (χ0n) is 16.1. The Morgan fingerprint density at radius 2 is 1.47 bits per heavy atom. The molecule has 1 amide bonds. The highest BCUT2D eigenvalue weighted by atomic mass is 19.1. The molecule has 6 heteroatoms. The van der Waals surface area contributed by atoms with Crippen LogP contribution < -0.4 is 4.90 Å². The molecule has 1 fully saturated rings. The van der Waals surface area contributed by atoms with Crippen LogP contribution >= 0.6 is 0 Å². The van der Waals surface area contributed by atoms with Gasteiger partial charge < -0.3 is 15.1 Å². The molecular weight excluding hydrogens is 388 g/mol. The topological polar surface area (TPSA) is 60.8 Å². The Bertz CT molecular complexity index is 1040. The van der Waals surface area contributed by atoms with Gasteiger partial charge in [-0.15, -0.1) is 0 Å². The van der Waals surface area contributed by atoms with Crippen molar-refractivity contribution in [1.82, 2.24) is 0 Å². The summed E-state index contributed by atoms with van der Waals surface area (Å²) in [6.07, 6.45) is -0.171. The van der Waals surface area contributed by atoms with E-state index in [4.69, 9.17) is 0 Å². The molecule has 1 aliphatic heterocycles. The van der Waals surface area contributed by atoms with Crippen LogP contribution in [0.2, 0.25) is 0 Å². The highest BCUT2D eigenvalue weighted by Gasteiger charge is 2.53. The van der Waals surface area contributed by atoms with Crippen molar-refractivity contribution in [2.24, 2.45) is 0 Å². The lowest BCUT2D eigenvalue weighted by atomic mass is 9.68. The molecule has 4 rings (SSSR count). The number of phenolic OH excluding ortho intramolecular Hbond substituents is 1. The van der Waals surface area contributed by atoms with E-state index in [0.29, 0.717) is 30.6 Å². The van der Waals surface area contributed by atoms with Gasteiger partial charge in [-0.25, -0.2) is 8.78 Å². The average Bonchev–Trinajstić information content (AvgIpc) is 2.75. The lowest BCUT2D eigenvalue weighted by molar-refractivity contribution is -0.130. The van der Waals surface area contributed by atoms with E-state index in [1.165, 1.54) is 48.5 Å². The van der Waals surface area contributed by atoms with Gasteiger partial charge in [0.2, 0.25) is 5.91 Å². The Kier molecular flexibility index (Phi) is 5.26. The van der Waals surface area contributed by atoms with Crippen LogP contribution in [0.4, 0.5) is 14.5 Å². The van der Waals surface area contributed by atoms with Gasteiger partial charge >= 0.3 is 0 Å². The molecule has 0 unspecified atom stereocenters. The van der Waals surface area contributed by atoms with Gasteiger partial charge in [-0.3, -0.25) is 4.79 Å². The predicted octanol–water partition coefficient (Wildman–Crippen LogP) is 4.47. The largest absolute Gasteiger partial charge is 0.508 e. The van der Waals surface area contributed by atoms with Gasteiger partial charge in [-0.1, -0.05) is 24.3 Å². The van der Waals surface area contributed by atoms with Gasteiger partial charge in [0, 0.05) is 12.2 Å². The Labute approximate surface area is 173 Å². The normalized spacial score (nSPS) is 19.4. The van der Waals surface area contributed by atoms with E-state index in [0.717, 1.165) is 5.56 Å². The van der Waals surface area contributed by atoms with Crippen molar-refractivity contribution in [3.05, 3.63) is 95.6 Å². The van der Waals surface area contributed by atoms with Crippen molar-refractivity contribution < 1.29 is 23.8 Å². The van der Waals surface area contributed by atoms with Crippen molar-refractivity contribution in [3.8, 4) is 5.75 Å². The first-order chi connectivity index (χ1) is 14.4. The number of hydrogen-bond donors (Lipinski definition) is 2. The van der Waals surface area contributed by atoms with Crippen molar-refractivity contribution in [2.45, 2.75) is 24.4 Å². The van der Waals surface area contributed by atoms with Crippen LogP contribution in [0.15, 0.2) is 72.8 Å². The Morgan fingerprint density at radius 1 is 0.900 bits per heavy atom. The minimum atomic E-state index is -0.858. The number of hydrogen-bond acceptors (Lipinski definition) is 3. The van der Waals surface area contributed by atoms with Crippen molar-refractivity contribution >= 4 is 11.6 Å². The first-order valence-corrected chi connectivity index (χ1v) is 9.70. The third-order valence-corrected chi connectivity index (χ3v) is 5.74. The SMILES string of the molecule is O=C1N(c2ccc(F)cc2)C[C@@]1(CC[C@H](O)c1ccc(F)cc1)c1ccc(O)cc1. The van der Waals surface area contributed by atoms with Crippen LogP contribution in [-0.4, -0.2) is 22.7 Å². The van der Waals surface area contributed by atoms with Crippen molar-refractivity contribution in [3.63, 3.8) is 0 Å². The fraction of sp³-hybridized carbons (Fsp3) is 0.208. The number of halogens is 2. The molecule has 0 aromatic heterocycles. The van der Waals surface area contributed by atoms with E-state index < -0.39 is 11.5 Å². The number of carbonyl (C=O) groups excluding carboxylic acids is 1. The van der Waals surface area contributed by atoms with E-state index in [-0.39, 0.29) is 23.3 Å². The maximum absolute atomic E-state index is 13.3. The first-order valence-electron chi connectivity index (χ1n) is 9.70. The molecule has 0 bridgehead atoms. The number of anilines is 1. The maximum atomic E-state index is 13.3. The average molecular weight is 409 g/mol. The third kappa shape index (κ3) is 3.66. The van der Waals surface area contributed by atoms with Crippen molar-refractivity contribution in [1.29, 1.82) is 0 Å². The number of rotatable bonds is 6. The van der Waals surface area contributed by atoms with E-state index in [1.807, 2.05) is 0 Å². The fourth-order valence-corrected chi connectivity index (χ4v) is 3.97. The predicted molar refractivity (Wildman–Crippen MR) is 109 cm³/mol. The molecule has 1 saturated heterocycles. The summed E-state index contributed by atoms with van der Waals surface area (Å²) in [7, 11) is 0. The van der Waals surface area contributed by atoms with Crippen LogP contribution in [0, 0.1) is 11.6 Å². The second-order valence-electron chi connectivity index (χ2n) is 7.60. The van der Waals surface area contributed by atoms with E-state index in [2.05, 4.69) is 0 Å². The molecule has 3 aromatic carbocycles. The molecular formula is C24H21F2NO3. The second kappa shape index (κ2) is 7.88. The van der Waals surface area contributed by atoms with Crippen LogP contribution in [-0.2, 0) is 10.2 Å². The third-order valence-electron chi connectivity index (χ3n) is 5.74. The summed E-state index contributed by atoms with van der Waals surface area (Å²) in [6, 6.07) is 17.8. The maximum Gasteiger partial charge on any atom is 0.239 e. The van der Waals surface area contributed by atoms with Gasteiger partial charge in [0.25, 0.3) is 0 Å². The molecule has 1 aliphatic rings. The number of amides is 1. The molecule has 154 valence electrons. The molecule has 0 saturated carbocycles. The molecule has 3 aromatic rings. The van der Waals surface area contributed by atoms with E-state index in [9.17, 15) is 23.8 Å².